The quantitative estimate of drug-likeness (QED) is 0.704. The summed E-state index contributed by atoms with van der Waals surface area (Å²) in [6, 6.07) is 5.07. The molecule has 58 valence electrons. The van der Waals surface area contributed by atoms with Crippen LogP contribution in [0.5, 0.6) is 5.75 Å². The minimum atomic E-state index is 0. The predicted octanol–water partition coefficient (Wildman–Crippen LogP) is 1.28. The molecular formula is C6H6IN3O. The number of fused-ring (bicyclic) bond motifs is 1. The van der Waals surface area contributed by atoms with E-state index in [2.05, 4.69) is 15.4 Å². The minimum Gasteiger partial charge on any atom is -0.506 e. The number of halogens is 1. The van der Waals surface area contributed by atoms with Crippen LogP contribution in [0.1, 0.15) is 0 Å². The van der Waals surface area contributed by atoms with Crippen LogP contribution in [0.15, 0.2) is 18.2 Å². The molecule has 1 heterocycles. The van der Waals surface area contributed by atoms with Crippen LogP contribution in [0, 0.1) is 0 Å². The number of benzene rings is 1. The largest absolute Gasteiger partial charge is 0.506 e. The van der Waals surface area contributed by atoms with Crippen LogP contribution >= 0.6 is 24.0 Å². The summed E-state index contributed by atoms with van der Waals surface area (Å²) in [5.41, 5.74) is 1.20. The fourth-order valence-electron chi connectivity index (χ4n) is 0.853. The van der Waals surface area contributed by atoms with Gasteiger partial charge in [-0.1, -0.05) is 6.07 Å². The summed E-state index contributed by atoms with van der Waals surface area (Å²) in [7, 11) is 0. The Kier molecular flexibility index (Phi) is 2.28. The number of para-hydroxylation sites is 1. The zero-order chi connectivity index (χ0) is 6.97. The van der Waals surface area contributed by atoms with Crippen LogP contribution in [0.2, 0.25) is 0 Å². The van der Waals surface area contributed by atoms with Crippen molar-refractivity contribution in [1.29, 1.82) is 0 Å². The van der Waals surface area contributed by atoms with Gasteiger partial charge in [-0.25, -0.2) is 0 Å². The van der Waals surface area contributed by atoms with Crippen LogP contribution < -0.4 is 0 Å². The van der Waals surface area contributed by atoms with Crippen LogP contribution in [-0.4, -0.2) is 20.5 Å². The van der Waals surface area contributed by atoms with Crippen molar-refractivity contribution in [1.82, 2.24) is 15.4 Å². The fraction of sp³-hybridized carbons (Fsp3) is 0. The lowest BCUT2D eigenvalue weighted by atomic mass is 10.3. The lowest BCUT2D eigenvalue weighted by Crippen LogP contribution is -1.68. The van der Waals surface area contributed by atoms with E-state index in [1.165, 1.54) is 0 Å². The van der Waals surface area contributed by atoms with Crippen molar-refractivity contribution in [3.8, 4) is 5.75 Å². The molecule has 2 N–H and O–H groups in total. The number of phenols is 1. The van der Waals surface area contributed by atoms with Crippen LogP contribution in [0.4, 0.5) is 0 Å². The molecule has 0 aliphatic rings. The first-order valence-electron chi connectivity index (χ1n) is 2.86. The molecule has 2 rings (SSSR count). The molecule has 0 aliphatic heterocycles. The fourth-order valence-corrected chi connectivity index (χ4v) is 0.853. The summed E-state index contributed by atoms with van der Waals surface area (Å²) in [4.78, 5) is 0. The molecule has 0 saturated carbocycles. The molecule has 0 amide bonds. The molecule has 0 radical (unpaired) electrons. The number of phenolic OH excluding ortho intramolecular Hbond substituents is 1. The number of aromatic nitrogens is 3. The maximum Gasteiger partial charge on any atom is 0.154 e. The monoisotopic (exact) mass is 263 g/mol. The van der Waals surface area contributed by atoms with E-state index >= 15 is 0 Å². The number of hydrogen-bond acceptors (Lipinski definition) is 3. The van der Waals surface area contributed by atoms with E-state index in [0.717, 1.165) is 0 Å². The molecule has 2 aromatic rings. The summed E-state index contributed by atoms with van der Waals surface area (Å²) in [6.45, 7) is 0. The van der Waals surface area contributed by atoms with Gasteiger partial charge in [0.25, 0.3) is 0 Å². The molecule has 1 aromatic heterocycles. The number of nitrogens with zero attached hydrogens (tertiary/aromatic N) is 2. The Hall–Kier alpha value is -0.850. The molecule has 0 fully saturated rings. The average Bonchev–Trinajstić information content (AvgIpc) is 2.36. The third kappa shape index (κ3) is 1.28. The van der Waals surface area contributed by atoms with Gasteiger partial charge in [-0.15, -0.1) is 24.0 Å². The summed E-state index contributed by atoms with van der Waals surface area (Å²) >= 11 is 0. The molecule has 0 saturated heterocycles. The summed E-state index contributed by atoms with van der Waals surface area (Å²) < 4.78 is 0. The van der Waals surface area contributed by atoms with Gasteiger partial charge in [-0.3, -0.25) is 0 Å². The van der Waals surface area contributed by atoms with Crippen molar-refractivity contribution in [3.63, 3.8) is 0 Å². The lowest BCUT2D eigenvalue weighted by molar-refractivity contribution is 0.480. The Balaban J connectivity index is 0.000000605. The highest BCUT2D eigenvalue weighted by Crippen LogP contribution is 2.18. The molecular weight excluding hydrogens is 257 g/mol. The van der Waals surface area contributed by atoms with Gasteiger partial charge in [0.2, 0.25) is 0 Å². The zero-order valence-corrected chi connectivity index (χ0v) is 7.81. The summed E-state index contributed by atoms with van der Waals surface area (Å²) in [6.07, 6.45) is 0. The van der Waals surface area contributed by atoms with E-state index in [0.29, 0.717) is 11.0 Å². The maximum absolute atomic E-state index is 9.14. The Bertz CT molecular complexity index is 359. The Morgan fingerprint density at radius 3 is 2.82 bits per heavy atom. The number of nitrogens with one attached hydrogen (secondary N) is 1. The van der Waals surface area contributed by atoms with E-state index in [4.69, 9.17) is 5.11 Å². The SMILES string of the molecule is I.Oc1cccc2n[nH]nc12. The number of rotatable bonds is 0. The van der Waals surface area contributed by atoms with E-state index in [1.54, 1.807) is 18.2 Å². The van der Waals surface area contributed by atoms with Gasteiger partial charge in [0.05, 0.1) is 0 Å². The lowest BCUT2D eigenvalue weighted by Gasteiger charge is -1.87. The van der Waals surface area contributed by atoms with Gasteiger partial charge in [0, 0.05) is 0 Å². The first-order valence-corrected chi connectivity index (χ1v) is 2.86. The Labute approximate surface area is 79.6 Å². The van der Waals surface area contributed by atoms with Crippen LogP contribution in [0.25, 0.3) is 11.0 Å². The second kappa shape index (κ2) is 3.04. The summed E-state index contributed by atoms with van der Waals surface area (Å²) in [5.74, 6) is 0.159. The van der Waals surface area contributed by atoms with Crippen molar-refractivity contribution in [3.05, 3.63) is 18.2 Å². The van der Waals surface area contributed by atoms with Crippen LogP contribution in [-0.2, 0) is 0 Å². The van der Waals surface area contributed by atoms with Gasteiger partial charge < -0.3 is 5.11 Å². The van der Waals surface area contributed by atoms with E-state index < -0.39 is 0 Å². The van der Waals surface area contributed by atoms with Crippen molar-refractivity contribution >= 4 is 35.0 Å². The molecule has 4 nitrogen and oxygen atoms in total. The van der Waals surface area contributed by atoms with Crippen molar-refractivity contribution in [2.75, 3.05) is 0 Å². The smallest absolute Gasteiger partial charge is 0.154 e. The Morgan fingerprint density at radius 1 is 1.27 bits per heavy atom. The second-order valence-corrected chi connectivity index (χ2v) is 1.97. The van der Waals surface area contributed by atoms with Gasteiger partial charge in [0.1, 0.15) is 11.3 Å². The van der Waals surface area contributed by atoms with Crippen molar-refractivity contribution in [2.45, 2.75) is 0 Å². The number of aromatic hydroxyl groups is 1. The molecule has 0 unspecified atom stereocenters. The first-order chi connectivity index (χ1) is 4.88. The third-order valence-corrected chi connectivity index (χ3v) is 1.33. The highest BCUT2D eigenvalue weighted by Gasteiger charge is 1.99. The first kappa shape index (κ1) is 8.25. The van der Waals surface area contributed by atoms with Gasteiger partial charge in [-0.05, 0) is 12.1 Å². The van der Waals surface area contributed by atoms with E-state index in [-0.39, 0.29) is 29.7 Å². The number of hydrogen-bond donors (Lipinski definition) is 2. The molecule has 0 spiro atoms. The van der Waals surface area contributed by atoms with Crippen molar-refractivity contribution in [2.24, 2.45) is 0 Å². The van der Waals surface area contributed by atoms with Crippen LogP contribution in [0.3, 0.4) is 0 Å². The Morgan fingerprint density at radius 2 is 2.09 bits per heavy atom. The zero-order valence-electron chi connectivity index (χ0n) is 5.48. The third-order valence-electron chi connectivity index (χ3n) is 1.33. The molecule has 11 heavy (non-hydrogen) atoms. The van der Waals surface area contributed by atoms with E-state index in [1.807, 2.05) is 0 Å². The predicted molar refractivity (Wildman–Crippen MR) is 51.0 cm³/mol. The molecule has 0 atom stereocenters. The van der Waals surface area contributed by atoms with Gasteiger partial charge in [-0.2, -0.15) is 15.4 Å². The van der Waals surface area contributed by atoms with Crippen molar-refractivity contribution < 1.29 is 5.11 Å². The minimum absolute atomic E-state index is 0. The molecule has 0 aliphatic carbocycles. The standard InChI is InChI=1S/C6H5N3O.HI/c10-5-3-1-2-4-6(5)8-9-7-4;/h1-3,10H,(H,7,8,9);1H. The number of H-pyrrole nitrogens is 1. The van der Waals surface area contributed by atoms with E-state index in [9.17, 15) is 0 Å². The average molecular weight is 263 g/mol. The maximum atomic E-state index is 9.14. The molecule has 5 heteroatoms. The van der Waals surface area contributed by atoms with Gasteiger partial charge in [0.15, 0.2) is 5.52 Å². The highest BCUT2D eigenvalue weighted by molar-refractivity contribution is 14.0. The van der Waals surface area contributed by atoms with Gasteiger partial charge >= 0.3 is 0 Å². The highest BCUT2D eigenvalue weighted by atomic mass is 127. The molecule has 1 aromatic carbocycles. The normalized spacial score (nSPS) is 9.45. The topological polar surface area (TPSA) is 61.8 Å². The second-order valence-electron chi connectivity index (χ2n) is 1.97. The molecule has 0 bridgehead atoms. The summed E-state index contributed by atoms with van der Waals surface area (Å²) in [5, 5.41) is 19.1. The number of aromatic amines is 1.